The number of nitrogens with one attached hydrogen (secondary N) is 2. The highest BCUT2D eigenvalue weighted by molar-refractivity contribution is 6.14. The molecule has 238 valence electrons. The third-order valence-electron chi connectivity index (χ3n) is 6.17. The number of hydrogen-bond acceptors (Lipinski definition) is 13. The van der Waals surface area contributed by atoms with Crippen molar-refractivity contribution in [2.75, 3.05) is 18.4 Å². The summed E-state index contributed by atoms with van der Waals surface area (Å²) in [6.45, 7) is -1.68. The number of nitro groups is 2. The number of nitrogens with zero attached hydrogens (tertiary/aromatic N) is 5. The van der Waals surface area contributed by atoms with Gasteiger partial charge >= 0.3 is 12.1 Å². The van der Waals surface area contributed by atoms with Crippen LogP contribution in [0, 0.1) is 20.2 Å². The molecule has 0 radical (unpaired) electrons. The second kappa shape index (κ2) is 14.2. The summed E-state index contributed by atoms with van der Waals surface area (Å²) >= 11 is 0. The van der Waals surface area contributed by atoms with Gasteiger partial charge in [0.15, 0.2) is 5.69 Å². The minimum absolute atomic E-state index is 0.000486. The Hall–Kier alpha value is -6.66. The lowest BCUT2D eigenvalue weighted by molar-refractivity contribution is -0.396. The van der Waals surface area contributed by atoms with Crippen LogP contribution in [0.5, 0.6) is 11.5 Å². The summed E-state index contributed by atoms with van der Waals surface area (Å²) in [5, 5.41) is 26.7. The van der Waals surface area contributed by atoms with Crippen LogP contribution in [0.1, 0.15) is 11.3 Å². The molecule has 0 bridgehead atoms. The number of amides is 4. The standard InChI is InChI=1S/C27H23N7O12/c1-31-18(11-29-26(31)34(42)43)15-44-21-7-2-16(14-45-27(39)46-19-5-3-17(4-6-19)33(40)41)10-20(21)30-22(35)12-28-23(36)13-32-24(37)8-9-25(32)38/h2-11H,12-15H2,1H3,(H,28,36)(H,30,35). The Morgan fingerprint density at radius 3 is 2.26 bits per heavy atom. The maximum absolute atomic E-state index is 12.7. The molecule has 2 aromatic carbocycles. The van der Waals surface area contributed by atoms with Gasteiger partial charge < -0.3 is 35.0 Å². The third kappa shape index (κ3) is 8.24. The molecule has 4 amide bonds. The average molecular weight is 638 g/mol. The molecule has 0 unspecified atom stereocenters. The summed E-state index contributed by atoms with van der Waals surface area (Å²) in [6.07, 6.45) is 2.15. The van der Waals surface area contributed by atoms with Crippen molar-refractivity contribution < 1.29 is 48.0 Å². The number of hydrogen-bond donors (Lipinski definition) is 2. The second-order valence-electron chi connectivity index (χ2n) is 9.30. The molecule has 0 atom stereocenters. The fraction of sp³-hybridized carbons (Fsp3) is 0.185. The zero-order valence-corrected chi connectivity index (χ0v) is 23.7. The van der Waals surface area contributed by atoms with E-state index >= 15 is 0 Å². The molecule has 1 aliphatic heterocycles. The van der Waals surface area contributed by atoms with Crippen LogP contribution in [0.15, 0.2) is 60.8 Å². The molecular weight excluding hydrogens is 614 g/mol. The van der Waals surface area contributed by atoms with Gasteiger partial charge in [-0.1, -0.05) is 11.1 Å². The van der Waals surface area contributed by atoms with Crippen LogP contribution in [0.4, 0.5) is 22.1 Å². The van der Waals surface area contributed by atoms with E-state index < -0.39 is 58.7 Å². The van der Waals surface area contributed by atoms with E-state index in [1.165, 1.54) is 48.1 Å². The predicted molar refractivity (Wildman–Crippen MR) is 152 cm³/mol. The molecule has 19 heteroatoms. The highest BCUT2D eigenvalue weighted by Crippen LogP contribution is 2.28. The first kappa shape index (κ1) is 32.3. The van der Waals surface area contributed by atoms with Gasteiger partial charge in [-0.05, 0) is 34.8 Å². The van der Waals surface area contributed by atoms with Crippen LogP contribution in [0.25, 0.3) is 0 Å². The number of rotatable bonds is 13. The van der Waals surface area contributed by atoms with Crippen LogP contribution in [-0.4, -0.2) is 67.2 Å². The van der Waals surface area contributed by atoms with Gasteiger partial charge in [0.1, 0.15) is 37.5 Å². The molecule has 1 aromatic heterocycles. The molecule has 3 aromatic rings. The Morgan fingerprint density at radius 1 is 0.935 bits per heavy atom. The van der Waals surface area contributed by atoms with Crippen molar-refractivity contribution in [3.05, 3.63) is 92.3 Å². The number of imidazole rings is 1. The molecule has 1 aliphatic rings. The fourth-order valence-corrected chi connectivity index (χ4v) is 3.84. The maximum Gasteiger partial charge on any atom is 0.514 e. The van der Waals surface area contributed by atoms with Crippen LogP contribution in [-0.2, 0) is 44.2 Å². The number of carbonyl (C=O) groups excluding carboxylic acids is 5. The van der Waals surface area contributed by atoms with Gasteiger partial charge in [-0.3, -0.25) is 34.2 Å². The lowest BCUT2D eigenvalue weighted by Gasteiger charge is -2.15. The predicted octanol–water partition coefficient (Wildman–Crippen LogP) is 1.51. The van der Waals surface area contributed by atoms with Crippen LogP contribution >= 0.6 is 0 Å². The van der Waals surface area contributed by atoms with Crippen molar-refractivity contribution in [2.24, 2.45) is 7.05 Å². The van der Waals surface area contributed by atoms with Crippen LogP contribution in [0.2, 0.25) is 0 Å². The largest absolute Gasteiger partial charge is 0.514 e. The van der Waals surface area contributed by atoms with Crippen molar-refractivity contribution in [1.29, 1.82) is 0 Å². The van der Waals surface area contributed by atoms with Gasteiger partial charge in [-0.25, -0.2) is 9.36 Å². The Morgan fingerprint density at radius 2 is 1.63 bits per heavy atom. The summed E-state index contributed by atoms with van der Waals surface area (Å²) in [6, 6.07) is 9.04. The van der Waals surface area contributed by atoms with Crippen molar-refractivity contribution >= 4 is 47.1 Å². The second-order valence-corrected chi connectivity index (χ2v) is 9.30. The van der Waals surface area contributed by atoms with E-state index in [4.69, 9.17) is 14.2 Å². The first-order valence-electron chi connectivity index (χ1n) is 13.0. The van der Waals surface area contributed by atoms with Gasteiger partial charge in [0.25, 0.3) is 17.5 Å². The van der Waals surface area contributed by atoms with Crippen molar-refractivity contribution in [2.45, 2.75) is 13.2 Å². The normalized spacial score (nSPS) is 12.1. The van der Waals surface area contributed by atoms with Gasteiger partial charge in [0.05, 0.1) is 24.2 Å². The molecular formula is C27H23N7O12. The monoisotopic (exact) mass is 637 g/mol. The van der Waals surface area contributed by atoms with Crippen molar-refractivity contribution in [3.8, 4) is 11.5 Å². The number of non-ortho nitro benzene ring substituents is 1. The highest BCUT2D eigenvalue weighted by atomic mass is 16.7. The summed E-state index contributed by atoms with van der Waals surface area (Å²) in [5.41, 5.74) is 0.544. The lowest BCUT2D eigenvalue weighted by Crippen LogP contribution is -2.42. The number of carbonyl (C=O) groups is 5. The van der Waals surface area contributed by atoms with E-state index in [0.717, 1.165) is 24.3 Å². The maximum atomic E-state index is 12.7. The van der Waals surface area contributed by atoms with E-state index in [1.807, 2.05) is 0 Å². The van der Waals surface area contributed by atoms with E-state index in [9.17, 15) is 44.2 Å². The van der Waals surface area contributed by atoms with Gasteiger partial charge in [-0.15, -0.1) is 0 Å². The number of aromatic nitrogens is 2. The minimum atomic E-state index is -1.12. The highest BCUT2D eigenvalue weighted by Gasteiger charge is 2.26. The summed E-state index contributed by atoms with van der Waals surface area (Å²) in [4.78, 5) is 85.4. The van der Waals surface area contributed by atoms with Gasteiger partial charge in [0, 0.05) is 24.3 Å². The lowest BCUT2D eigenvalue weighted by atomic mass is 10.2. The first-order valence-corrected chi connectivity index (χ1v) is 13.0. The molecule has 0 fully saturated rings. The first-order chi connectivity index (χ1) is 21.9. The number of anilines is 1. The number of benzene rings is 2. The molecule has 46 heavy (non-hydrogen) atoms. The molecule has 0 spiro atoms. The Kier molecular flexibility index (Phi) is 9.96. The summed E-state index contributed by atoms with van der Waals surface area (Å²) in [5.74, 6) is -3.16. The smallest absolute Gasteiger partial charge is 0.484 e. The minimum Gasteiger partial charge on any atom is -0.484 e. The molecule has 4 rings (SSSR count). The average Bonchev–Trinajstić information content (AvgIpc) is 3.55. The molecule has 0 saturated heterocycles. The van der Waals surface area contributed by atoms with E-state index in [2.05, 4.69) is 15.6 Å². The summed E-state index contributed by atoms with van der Waals surface area (Å²) < 4.78 is 17.1. The number of nitro benzene ring substituents is 1. The van der Waals surface area contributed by atoms with Gasteiger partial charge in [0.2, 0.25) is 11.8 Å². The SMILES string of the molecule is Cn1c(COc2ccc(COC(=O)Oc3ccc([N+](=O)[O-])cc3)cc2NC(=O)CNC(=O)CN2C(=O)C=CC2=O)cnc1[N+](=O)[O-]. The zero-order valence-electron chi connectivity index (χ0n) is 23.7. The van der Waals surface area contributed by atoms with Gasteiger partial charge in [-0.2, -0.15) is 0 Å². The molecule has 19 nitrogen and oxygen atoms in total. The Bertz CT molecular complexity index is 1730. The summed E-state index contributed by atoms with van der Waals surface area (Å²) in [7, 11) is 1.42. The van der Waals surface area contributed by atoms with Crippen molar-refractivity contribution in [1.82, 2.24) is 19.8 Å². The Labute approximate surface area is 257 Å². The molecule has 0 saturated carbocycles. The number of ether oxygens (including phenoxy) is 3. The fourth-order valence-electron chi connectivity index (χ4n) is 3.84. The van der Waals surface area contributed by atoms with Crippen molar-refractivity contribution in [3.63, 3.8) is 0 Å². The van der Waals surface area contributed by atoms with E-state index in [-0.39, 0.29) is 36.1 Å². The topological polar surface area (TPSA) is 244 Å². The van der Waals surface area contributed by atoms with E-state index in [0.29, 0.717) is 16.2 Å². The molecule has 2 N–H and O–H groups in total. The van der Waals surface area contributed by atoms with E-state index in [1.54, 1.807) is 0 Å². The third-order valence-corrected chi connectivity index (χ3v) is 6.17. The Balaban J connectivity index is 1.41. The number of imide groups is 1. The van der Waals surface area contributed by atoms with Crippen LogP contribution in [0.3, 0.4) is 0 Å². The molecule has 0 aliphatic carbocycles. The zero-order chi connectivity index (χ0) is 33.4. The van der Waals surface area contributed by atoms with Crippen LogP contribution < -0.4 is 20.1 Å². The quantitative estimate of drug-likeness (QED) is 0.0888. The molecule has 2 heterocycles.